The Hall–Kier alpha value is -6.16. The molecule has 0 aliphatic carbocycles. The van der Waals surface area contributed by atoms with Gasteiger partial charge in [0.25, 0.3) is 0 Å². The molecule has 9 rings (SSSR count). The molecule has 7 aromatic carbocycles. The first-order valence-corrected chi connectivity index (χ1v) is 18.7. The molecule has 0 unspecified atom stereocenters. The van der Waals surface area contributed by atoms with Gasteiger partial charge in [0.05, 0.1) is 11.0 Å². The van der Waals surface area contributed by atoms with Crippen molar-refractivity contribution in [2.45, 2.75) is 0 Å². The third-order valence-corrected chi connectivity index (χ3v) is 14.7. The molecule has 2 nitrogen and oxygen atoms in total. The Kier molecular flexibility index (Phi) is 7.00. The third kappa shape index (κ3) is 4.62. The average Bonchev–Trinajstić information content (AvgIpc) is 3.76. The van der Waals surface area contributed by atoms with E-state index in [0.29, 0.717) is 0 Å². The number of aromatic nitrogens is 1. The van der Waals surface area contributed by atoms with Gasteiger partial charge in [-0.2, -0.15) is 0 Å². The molecule has 9 aromatic rings. The van der Waals surface area contributed by atoms with Crippen LogP contribution >= 0.6 is 0 Å². The molecule has 0 saturated heterocycles. The van der Waals surface area contributed by atoms with E-state index in [2.05, 4.69) is 187 Å². The second-order valence-corrected chi connectivity index (χ2v) is 16.4. The Morgan fingerprint density at radius 1 is 0.490 bits per heavy atom. The zero-order valence-corrected chi connectivity index (χ0v) is 28.0. The van der Waals surface area contributed by atoms with E-state index in [4.69, 9.17) is 4.42 Å². The SMILES string of the molecule is C=Cc1cc2cccc(-c3ccc([Si](c4ccccc4)(c4ccccc4)c4ccc(-n5c6ccccc6c6ccccc65)cc4)cc3)c2o1. The minimum atomic E-state index is -2.74. The molecular weight excluding hydrogens is 611 g/mol. The summed E-state index contributed by atoms with van der Waals surface area (Å²) in [6.07, 6.45) is 1.76. The average molecular weight is 644 g/mol. The topological polar surface area (TPSA) is 18.1 Å². The number of hydrogen-bond donors (Lipinski definition) is 0. The van der Waals surface area contributed by atoms with Crippen molar-refractivity contribution in [1.82, 2.24) is 4.57 Å². The predicted octanol–water partition coefficient (Wildman–Crippen LogP) is 9.22. The van der Waals surface area contributed by atoms with Crippen molar-refractivity contribution in [3.05, 3.63) is 194 Å². The lowest BCUT2D eigenvalue weighted by Gasteiger charge is -2.34. The number of nitrogens with zero attached hydrogens (tertiary/aromatic N) is 1. The molecule has 49 heavy (non-hydrogen) atoms. The number of para-hydroxylation sites is 3. The van der Waals surface area contributed by atoms with Crippen LogP contribution in [0.15, 0.2) is 193 Å². The van der Waals surface area contributed by atoms with E-state index >= 15 is 0 Å². The van der Waals surface area contributed by atoms with Crippen molar-refractivity contribution in [1.29, 1.82) is 0 Å². The van der Waals surface area contributed by atoms with E-state index in [9.17, 15) is 0 Å². The highest BCUT2D eigenvalue weighted by Crippen LogP contribution is 2.33. The number of hydrogen-bond acceptors (Lipinski definition) is 1. The van der Waals surface area contributed by atoms with E-state index in [1.54, 1.807) is 6.08 Å². The van der Waals surface area contributed by atoms with Crippen molar-refractivity contribution in [2.24, 2.45) is 0 Å². The van der Waals surface area contributed by atoms with E-state index in [0.717, 1.165) is 33.5 Å². The molecule has 0 atom stereocenters. The van der Waals surface area contributed by atoms with Gasteiger partial charge in [-0.05, 0) is 62.7 Å². The van der Waals surface area contributed by atoms with Crippen LogP contribution in [0, 0.1) is 0 Å². The third-order valence-electron chi connectivity index (χ3n) is 9.95. The summed E-state index contributed by atoms with van der Waals surface area (Å²) in [7, 11) is -2.74. The largest absolute Gasteiger partial charge is 0.456 e. The van der Waals surface area contributed by atoms with Crippen LogP contribution in [0.25, 0.3) is 55.7 Å². The van der Waals surface area contributed by atoms with Gasteiger partial charge in [-0.25, -0.2) is 0 Å². The number of furan rings is 1. The van der Waals surface area contributed by atoms with Gasteiger partial charge in [-0.15, -0.1) is 0 Å². The Morgan fingerprint density at radius 3 is 1.57 bits per heavy atom. The summed E-state index contributed by atoms with van der Waals surface area (Å²) in [5.74, 6) is 0.781. The van der Waals surface area contributed by atoms with Crippen LogP contribution in [0.1, 0.15) is 5.76 Å². The van der Waals surface area contributed by atoms with E-state index in [1.165, 1.54) is 42.6 Å². The number of fused-ring (bicyclic) bond motifs is 4. The van der Waals surface area contributed by atoms with Crippen molar-refractivity contribution in [3.63, 3.8) is 0 Å². The van der Waals surface area contributed by atoms with Gasteiger partial charge in [-0.3, -0.25) is 0 Å². The zero-order valence-electron chi connectivity index (χ0n) is 27.0. The lowest BCUT2D eigenvalue weighted by molar-refractivity contribution is 0.605. The molecule has 2 heterocycles. The standard InChI is InChI=1S/C46H33NOSi/c1-2-36-32-34-14-13-21-41(46(34)48-36)33-24-28-39(29-25-33)49(37-15-5-3-6-16-37,38-17-7-4-8-18-38)40-30-26-35(27-31-40)47-44-22-11-9-19-42(44)43-20-10-12-23-45(43)47/h2-32H,1H2. The molecule has 0 N–H and O–H groups in total. The van der Waals surface area contributed by atoms with Crippen LogP contribution in [0.4, 0.5) is 0 Å². The fraction of sp³-hybridized carbons (Fsp3) is 0. The first-order chi connectivity index (χ1) is 24.3. The lowest BCUT2D eigenvalue weighted by atomic mass is 10.0. The summed E-state index contributed by atoms with van der Waals surface area (Å²) in [5.41, 5.74) is 6.69. The molecule has 2 aromatic heterocycles. The van der Waals surface area contributed by atoms with Crippen LogP contribution in [0.2, 0.25) is 0 Å². The molecule has 3 heteroatoms. The molecular formula is C46H33NOSi. The van der Waals surface area contributed by atoms with E-state index in [1.807, 2.05) is 6.07 Å². The second kappa shape index (κ2) is 11.8. The Bertz CT molecular complexity index is 2500. The maximum absolute atomic E-state index is 6.19. The van der Waals surface area contributed by atoms with Crippen LogP contribution in [-0.4, -0.2) is 12.6 Å². The minimum absolute atomic E-state index is 0.781. The quantitative estimate of drug-likeness (QED) is 0.125. The molecule has 0 bridgehead atoms. The molecule has 0 amide bonds. The van der Waals surface area contributed by atoms with Gasteiger partial charge < -0.3 is 8.98 Å². The van der Waals surface area contributed by atoms with Crippen molar-refractivity contribution in [2.75, 3.05) is 0 Å². The highest BCUT2D eigenvalue weighted by Gasteiger charge is 2.41. The number of rotatable bonds is 7. The zero-order chi connectivity index (χ0) is 32.8. The van der Waals surface area contributed by atoms with Crippen LogP contribution in [0.3, 0.4) is 0 Å². The van der Waals surface area contributed by atoms with E-state index in [-0.39, 0.29) is 0 Å². The molecule has 0 aliphatic rings. The maximum Gasteiger partial charge on any atom is 0.179 e. The molecule has 0 saturated carbocycles. The Balaban J connectivity index is 1.25. The fourth-order valence-corrected chi connectivity index (χ4v) is 12.5. The molecule has 232 valence electrons. The van der Waals surface area contributed by atoms with Crippen molar-refractivity contribution in [3.8, 4) is 16.8 Å². The first kappa shape index (κ1) is 29.0. The maximum atomic E-state index is 6.19. The van der Waals surface area contributed by atoms with Gasteiger partial charge in [0.15, 0.2) is 8.07 Å². The summed E-state index contributed by atoms with van der Waals surface area (Å²) in [6, 6.07) is 66.6. The van der Waals surface area contributed by atoms with Crippen molar-refractivity contribution < 1.29 is 4.42 Å². The van der Waals surface area contributed by atoms with Crippen LogP contribution < -0.4 is 20.7 Å². The van der Waals surface area contributed by atoms with Gasteiger partial charge >= 0.3 is 0 Å². The van der Waals surface area contributed by atoms with Gasteiger partial charge in [0.2, 0.25) is 0 Å². The van der Waals surface area contributed by atoms with Gasteiger partial charge in [-0.1, -0.05) is 158 Å². The first-order valence-electron chi connectivity index (χ1n) is 16.7. The van der Waals surface area contributed by atoms with Crippen LogP contribution in [0.5, 0.6) is 0 Å². The molecule has 0 spiro atoms. The summed E-state index contributed by atoms with van der Waals surface area (Å²) in [6.45, 7) is 3.91. The Labute approximate surface area is 286 Å². The summed E-state index contributed by atoms with van der Waals surface area (Å²) >= 11 is 0. The normalized spacial score (nSPS) is 11.8. The molecule has 0 fully saturated rings. The predicted molar refractivity (Wildman–Crippen MR) is 210 cm³/mol. The highest BCUT2D eigenvalue weighted by atomic mass is 28.3. The summed E-state index contributed by atoms with van der Waals surface area (Å²) in [5, 5.41) is 8.99. The lowest BCUT2D eigenvalue weighted by Crippen LogP contribution is -2.74. The second-order valence-electron chi connectivity index (χ2n) is 12.6. The Morgan fingerprint density at radius 2 is 1.00 bits per heavy atom. The smallest absolute Gasteiger partial charge is 0.179 e. The minimum Gasteiger partial charge on any atom is -0.456 e. The monoisotopic (exact) mass is 643 g/mol. The van der Waals surface area contributed by atoms with Crippen molar-refractivity contribution >= 4 is 67.7 Å². The molecule has 0 radical (unpaired) electrons. The fourth-order valence-electron chi connectivity index (χ4n) is 7.75. The number of benzene rings is 7. The van der Waals surface area contributed by atoms with Gasteiger partial charge in [0, 0.05) is 27.4 Å². The van der Waals surface area contributed by atoms with E-state index < -0.39 is 8.07 Å². The highest BCUT2D eigenvalue weighted by molar-refractivity contribution is 7.19. The van der Waals surface area contributed by atoms with Crippen LogP contribution in [-0.2, 0) is 0 Å². The summed E-state index contributed by atoms with van der Waals surface area (Å²) < 4.78 is 8.59. The molecule has 0 aliphatic heterocycles. The summed E-state index contributed by atoms with van der Waals surface area (Å²) in [4.78, 5) is 0. The van der Waals surface area contributed by atoms with Gasteiger partial charge in [0.1, 0.15) is 11.3 Å².